The van der Waals surface area contributed by atoms with Crippen molar-refractivity contribution in [3.8, 4) is 0 Å². The van der Waals surface area contributed by atoms with Crippen molar-refractivity contribution >= 4 is 41.7 Å². The van der Waals surface area contributed by atoms with Crippen molar-refractivity contribution in [2.45, 2.75) is 58.9 Å². The van der Waals surface area contributed by atoms with Crippen LogP contribution in [-0.4, -0.2) is 43.5 Å². The average molecular weight is 530 g/mol. The summed E-state index contributed by atoms with van der Waals surface area (Å²) in [5.41, 5.74) is 6.63. The van der Waals surface area contributed by atoms with E-state index in [9.17, 15) is 4.79 Å². The molecule has 1 aromatic rings. The summed E-state index contributed by atoms with van der Waals surface area (Å²) in [5, 5.41) is 6.88. The molecule has 170 valence electrons. The summed E-state index contributed by atoms with van der Waals surface area (Å²) in [7, 11) is 1.80. The number of rotatable bonds is 10. The van der Waals surface area contributed by atoms with Gasteiger partial charge in [0.1, 0.15) is 5.82 Å². The number of unbranched alkanes of at least 4 members (excludes halogenated alkanes) is 1. The Hall–Kier alpha value is -1.58. The highest BCUT2D eigenvalue weighted by atomic mass is 127. The van der Waals surface area contributed by atoms with Crippen LogP contribution < -0.4 is 21.3 Å². The highest BCUT2D eigenvalue weighted by molar-refractivity contribution is 14.0. The number of primary amides is 1. The zero-order chi connectivity index (χ0) is 21.1. The van der Waals surface area contributed by atoms with Gasteiger partial charge < -0.3 is 21.3 Å². The van der Waals surface area contributed by atoms with Crippen LogP contribution in [0, 0.1) is 11.8 Å². The lowest BCUT2D eigenvalue weighted by atomic mass is 9.97. The van der Waals surface area contributed by atoms with Crippen molar-refractivity contribution in [3.63, 3.8) is 0 Å². The molecule has 1 fully saturated rings. The highest BCUT2D eigenvalue weighted by Crippen LogP contribution is 2.24. The van der Waals surface area contributed by atoms with Gasteiger partial charge in [-0.25, -0.2) is 4.98 Å². The third kappa shape index (κ3) is 8.28. The SMILES string of the molecule is CCCCC(CC)CNC(=NC)NCc1cccnc1N1CCCC(C(N)=O)C1.I. The summed E-state index contributed by atoms with van der Waals surface area (Å²) in [5.74, 6) is 2.08. The number of anilines is 1. The van der Waals surface area contributed by atoms with Crippen LogP contribution >= 0.6 is 24.0 Å². The third-order valence-corrected chi connectivity index (χ3v) is 5.76. The fourth-order valence-corrected chi connectivity index (χ4v) is 3.84. The number of hydrogen-bond donors (Lipinski definition) is 3. The smallest absolute Gasteiger partial charge is 0.222 e. The first kappa shape index (κ1) is 26.5. The molecule has 0 radical (unpaired) electrons. The van der Waals surface area contributed by atoms with Gasteiger partial charge in [0.15, 0.2) is 5.96 Å². The molecule has 1 aliphatic heterocycles. The van der Waals surface area contributed by atoms with Crippen LogP contribution in [0.3, 0.4) is 0 Å². The lowest BCUT2D eigenvalue weighted by Crippen LogP contribution is -2.42. The number of nitrogens with two attached hydrogens (primary N) is 1. The van der Waals surface area contributed by atoms with Crippen molar-refractivity contribution in [1.82, 2.24) is 15.6 Å². The van der Waals surface area contributed by atoms with Gasteiger partial charge in [-0.15, -0.1) is 24.0 Å². The molecule has 8 heteroatoms. The maximum Gasteiger partial charge on any atom is 0.222 e. The first-order valence-corrected chi connectivity index (χ1v) is 11.0. The van der Waals surface area contributed by atoms with Gasteiger partial charge in [0, 0.05) is 45.0 Å². The van der Waals surface area contributed by atoms with Crippen LogP contribution in [0.25, 0.3) is 0 Å². The Morgan fingerprint density at radius 2 is 2.20 bits per heavy atom. The number of halogens is 1. The largest absolute Gasteiger partial charge is 0.369 e. The lowest BCUT2D eigenvalue weighted by Gasteiger charge is -2.33. The van der Waals surface area contributed by atoms with Crippen molar-refractivity contribution in [2.75, 3.05) is 31.6 Å². The maximum atomic E-state index is 11.6. The summed E-state index contributed by atoms with van der Waals surface area (Å²) < 4.78 is 0. The molecule has 7 nitrogen and oxygen atoms in total. The molecule has 2 rings (SSSR count). The standard InChI is InChI=1S/C22H38N6O.HI/c1-4-6-9-17(5-2)14-26-22(24-3)27-15-18-10-7-12-25-21(18)28-13-8-11-19(16-28)20(23)29;/h7,10,12,17,19H,4-6,8-9,11,13-16H2,1-3H3,(H2,23,29)(H2,24,26,27);1H. The number of aromatic nitrogens is 1. The quantitative estimate of drug-likeness (QED) is 0.245. The Morgan fingerprint density at radius 3 is 2.87 bits per heavy atom. The van der Waals surface area contributed by atoms with E-state index in [0.717, 1.165) is 43.3 Å². The van der Waals surface area contributed by atoms with Crippen molar-refractivity contribution in [3.05, 3.63) is 23.9 Å². The van der Waals surface area contributed by atoms with Crippen LogP contribution in [0.5, 0.6) is 0 Å². The van der Waals surface area contributed by atoms with E-state index in [1.165, 1.54) is 25.7 Å². The summed E-state index contributed by atoms with van der Waals surface area (Å²) >= 11 is 0. The second kappa shape index (κ2) is 14.4. The summed E-state index contributed by atoms with van der Waals surface area (Å²) in [6.07, 6.45) is 8.55. The van der Waals surface area contributed by atoms with Gasteiger partial charge in [0.05, 0.1) is 5.92 Å². The molecule has 1 aliphatic rings. The summed E-state index contributed by atoms with van der Waals surface area (Å²) in [6, 6.07) is 4.02. The van der Waals surface area contributed by atoms with Crippen LogP contribution in [-0.2, 0) is 11.3 Å². The Morgan fingerprint density at radius 1 is 1.40 bits per heavy atom. The van der Waals surface area contributed by atoms with Gasteiger partial charge in [-0.2, -0.15) is 0 Å². The molecule has 2 heterocycles. The number of carbonyl (C=O) groups is 1. The predicted octanol–water partition coefficient (Wildman–Crippen LogP) is 3.28. The molecule has 2 unspecified atom stereocenters. The molecule has 0 bridgehead atoms. The zero-order valence-electron chi connectivity index (χ0n) is 18.7. The molecule has 2 atom stereocenters. The number of pyridine rings is 1. The summed E-state index contributed by atoms with van der Waals surface area (Å²) in [4.78, 5) is 22.8. The van der Waals surface area contributed by atoms with Gasteiger partial charge >= 0.3 is 0 Å². The third-order valence-electron chi connectivity index (χ3n) is 5.76. The maximum absolute atomic E-state index is 11.6. The lowest BCUT2D eigenvalue weighted by molar-refractivity contribution is -0.122. The van der Waals surface area contributed by atoms with Gasteiger partial charge in [-0.05, 0) is 31.2 Å². The van der Waals surface area contributed by atoms with Gasteiger partial charge in [0.25, 0.3) is 0 Å². The number of aliphatic imine (C=N–C) groups is 1. The zero-order valence-corrected chi connectivity index (χ0v) is 21.0. The minimum Gasteiger partial charge on any atom is -0.369 e. The number of nitrogens with one attached hydrogen (secondary N) is 2. The topological polar surface area (TPSA) is 95.6 Å². The molecule has 0 spiro atoms. The minimum atomic E-state index is -0.219. The number of hydrogen-bond acceptors (Lipinski definition) is 4. The molecule has 30 heavy (non-hydrogen) atoms. The molecular formula is C22H39IN6O. The molecule has 0 aromatic carbocycles. The van der Waals surface area contributed by atoms with E-state index < -0.39 is 0 Å². The second-order valence-electron chi connectivity index (χ2n) is 7.90. The number of amides is 1. The Kier molecular flexibility index (Phi) is 12.7. The molecular weight excluding hydrogens is 491 g/mol. The fourth-order valence-electron chi connectivity index (χ4n) is 3.84. The van der Waals surface area contributed by atoms with Gasteiger partial charge in [-0.3, -0.25) is 9.79 Å². The highest BCUT2D eigenvalue weighted by Gasteiger charge is 2.26. The van der Waals surface area contributed by atoms with Gasteiger partial charge in [-0.1, -0.05) is 39.2 Å². The number of nitrogens with zero attached hydrogens (tertiary/aromatic N) is 3. The van der Waals surface area contributed by atoms with Crippen molar-refractivity contribution < 1.29 is 4.79 Å². The van der Waals surface area contributed by atoms with E-state index in [1.807, 2.05) is 6.07 Å². The minimum absolute atomic E-state index is 0. The molecule has 4 N–H and O–H groups in total. The first-order chi connectivity index (χ1) is 14.1. The molecule has 1 aromatic heterocycles. The second-order valence-corrected chi connectivity index (χ2v) is 7.90. The molecule has 0 saturated carbocycles. The Labute approximate surface area is 198 Å². The van der Waals surface area contributed by atoms with E-state index in [0.29, 0.717) is 19.0 Å². The van der Waals surface area contributed by atoms with E-state index in [-0.39, 0.29) is 35.8 Å². The number of piperidine rings is 1. The van der Waals surface area contributed by atoms with Crippen LogP contribution in [0.15, 0.2) is 23.3 Å². The van der Waals surface area contributed by atoms with E-state index >= 15 is 0 Å². The number of carbonyl (C=O) groups excluding carboxylic acids is 1. The van der Waals surface area contributed by atoms with E-state index in [4.69, 9.17) is 5.73 Å². The van der Waals surface area contributed by atoms with Crippen LogP contribution in [0.2, 0.25) is 0 Å². The number of guanidine groups is 1. The molecule has 0 aliphatic carbocycles. The van der Waals surface area contributed by atoms with Crippen molar-refractivity contribution in [1.29, 1.82) is 0 Å². The Bertz CT molecular complexity index is 669. The van der Waals surface area contributed by atoms with Crippen molar-refractivity contribution in [2.24, 2.45) is 22.6 Å². The Balaban J connectivity index is 0.00000450. The van der Waals surface area contributed by atoms with E-state index in [2.05, 4.69) is 45.4 Å². The average Bonchev–Trinajstić information content (AvgIpc) is 2.76. The normalized spacial score (nSPS) is 17.8. The summed E-state index contributed by atoms with van der Waals surface area (Å²) in [6.45, 7) is 7.59. The monoisotopic (exact) mass is 530 g/mol. The molecule has 1 amide bonds. The first-order valence-electron chi connectivity index (χ1n) is 11.0. The van der Waals surface area contributed by atoms with Crippen LogP contribution in [0.1, 0.15) is 57.9 Å². The molecule has 1 saturated heterocycles. The van der Waals surface area contributed by atoms with Gasteiger partial charge in [0.2, 0.25) is 5.91 Å². The fraction of sp³-hybridized carbons (Fsp3) is 0.682. The van der Waals surface area contributed by atoms with Crippen LogP contribution in [0.4, 0.5) is 5.82 Å². The van der Waals surface area contributed by atoms with E-state index in [1.54, 1.807) is 13.2 Å². The predicted molar refractivity (Wildman–Crippen MR) is 135 cm³/mol.